The van der Waals surface area contributed by atoms with Crippen LogP contribution >= 0.6 is 11.3 Å². The van der Waals surface area contributed by atoms with E-state index in [-0.39, 0.29) is 0 Å². The molecule has 0 N–H and O–H groups in total. The molecule has 0 saturated heterocycles. The summed E-state index contributed by atoms with van der Waals surface area (Å²) >= 11 is 1.56. The van der Waals surface area contributed by atoms with E-state index in [2.05, 4.69) is 36.1 Å². The minimum Gasteiger partial charge on any atom is -0.369 e. The molecule has 0 unspecified atom stereocenters. The van der Waals surface area contributed by atoms with Gasteiger partial charge in [0.25, 0.3) is 0 Å². The van der Waals surface area contributed by atoms with E-state index in [4.69, 9.17) is 0 Å². The van der Waals surface area contributed by atoms with Crippen LogP contribution in [0.25, 0.3) is 0 Å². The third-order valence-corrected chi connectivity index (χ3v) is 5.20. The second kappa shape index (κ2) is 4.81. The predicted octanol–water partition coefficient (Wildman–Crippen LogP) is 2.39. The lowest BCUT2D eigenvalue weighted by molar-refractivity contribution is 0.643. The average molecular weight is 251 g/mol. The summed E-state index contributed by atoms with van der Waals surface area (Å²) in [4.78, 5) is 6.20. The molecule has 0 aromatic carbocycles. The van der Waals surface area contributed by atoms with Gasteiger partial charge in [-0.05, 0) is 10.6 Å². The van der Waals surface area contributed by atoms with Gasteiger partial charge in [-0.1, -0.05) is 19.6 Å². The fourth-order valence-corrected chi connectivity index (χ4v) is 4.61. The van der Waals surface area contributed by atoms with Crippen LogP contribution in [0.1, 0.15) is 5.56 Å². The van der Waals surface area contributed by atoms with Crippen LogP contribution in [0.4, 0.5) is 5.00 Å². The van der Waals surface area contributed by atoms with Gasteiger partial charge in [0.15, 0.2) is 0 Å². The Morgan fingerprint density at radius 3 is 2.50 bits per heavy atom. The molecule has 86 valence electrons. The molecule has 0 amide bonds. The first kappa shape index (κ1) is 12.9. The summed E-state index contributed by atoms with van der Waals surface area (Å²) in [5.74, 6) is 0. The number of aliphatic imine (C=N–C) groups is 1. The van der Waals surface area contributed by atoms with Crippen molar-refractivity contribution in [1.29, 1.82) is 5.26 Å². The minimum atomic E-state index is -1.43. The molecule has 1 aromatic heterocycles. The Labute approximate surface area is 102 Å². The smallest absolute Gasteiger partial charge is 0.135 e. The number of nitrogens with zero attached hydrogens (tertiary/aromatic N) is 3. The minimum absolute atomic E-state index is 0.766. The third kappa shape index (κ3) is 2.94. The lowest BCUT2D eigenvalue weighted by Gasteiger charge is -2.14. The number of hydrogen-bond acceptors (Lipinski definition) is 3. The van der Waals surface area contributed by atoms with E-state index < -0.39 is 8.07 Å². The molecular weight excluding hydrogens is 234 g/mol. The Hall–Kier alpha value is -1.12. The molecule has 0 aliphatic heterocycles. The second-order valence-electron chi connectivity index (χ2n) is 4.90. The van der Waals surface area contributed by atoms with Gasteiger partial charge in [-0.25, -0.2) is 4.99 Å². The van der Waals surface area contributed by atoms with Crippen molar-refractivity contribution in [1.82, 2.24) is 4.90 Å². The first-order valence-electron chi connectivity index (χ1n) is 5.09. The first-order chi connectivity index (χ1) is 7.36. The summed E-state index contributed by atoms with van der Waals surface area (Å²) in [6, 6.07) is 2.29. The van der Waals surface area contributed by atoms with Crippen LogP contribution in [0.3, 0.4) is 0 Å². The molecule has 0 atom stereocenters. The fraction of sp³-hybridized carbons (Fsp3) is 0.455. The van der Waals surface area contributed by atoms with Crippen LogP contribution in [-0.2, 0) is 0 Å². The summed E-state index contributed by atoms with van der Waals surface area (Å²) in [5, 5.41) is 13.3. The molecule has 5 heteroatoms. The van der Waals surface area contributed by atoms with Crippen LogP contribution in [0.2, 0.25) is 19.6 Å². The van der Waals surface area contributed by atoms with Gasteiger partial charge in [-0.15, -0.1) is 11.3 Å². The Kier molecular flexibility index (Phi) is 3.89. The van der Waals surface area contributed by atoms with Crippen molar-refractivity contribution in [3.05, 3.63) is 10.9 Å². The van der Waals surface area contributed by atoms with Gasteiger partial charge in [0, 0.05) is 14.1 Å². The molecule has 0 bridgehead atoms. The van der Waals surface area contributed by atoms with Gasteiger partial charge in [0.05, 0.1) is 20.0 Å². The van der Waals surface area contributed by atoms with Crippen molar-refractivity contribution in [2.75, 3.05) is 14.1 Å². The van der Waals surface area contributed by atoms with Crippen LogP contribution in [0.15, 0.2) is 10.4 Å². The molecule has 0 radical (unpaired) electrons. The number of rotatable bonds is 3. The lowest BCUT2D eigenvalue weighted by atomic mass is 10.3. The van der Waals surface area contributed by atoms with Crippen molar-refractivity contribution >= 4 is 35.9 Å². The number of hydrogen-bond donors (Lipinski definition) is 0. The van der Waals surface area contributed by atoms with E-state index in [0.29, 0.717) is 0 Å². The van der Waals surface area contributed by atoms with E-state index in [1.54, 1.807) is 17.7 Å². The van der Waals surface area contributed by atoms with Crippen LogP contribution < -0.4 is 5.19 Å². The largest absolute Gasteiger partial charge is 0.369 e. The highest BCUT2D eigenvalue weighted by Gasteiger charge is 2.23. The Morgan fingerprint density at radius 1 is 1.44 bits per heavy atom. The molecular formula is C11H17N3SSi. The van der Waals surface area contributed by atoms with Crippen molar-refractivity contribution in [3.8, 4) is 6.07 Å². The van der Waals surface area contributed by atoms with Crippen LogP contribution in [0, 0.1) is 11.3 Å². The standard InChI is InChI=1S/C11H17N3SSi/c1-14(2)8-13-11-9(6-12)10(7-15-11)16(3,4)5/h7-8H,1-5H3. The molecule has 0 aliphatic rings. The van der Waals surface area contributed by atoms with E-state index >= 15 is 0 Å². The molecule has 16 heavy (non-hydrogen) atoms. The molecule has 3 nitrogen and oxygen atoms in total. The third-order valence-electron chi connectivity index (χ3n) is 2.10. The maximum atomic E-state index is 9.21. The molecule has 1 heterocycles. The van der Waals surface area contributed by atoms with Gasteiger partial charge < -0.3 is 4.90 Å². The van der Waals surface area contributed by atoms with Crippen LogP contribution in [0.5, 0.6) is 0 Å². The Morgan fingerprint density at radius 2 is 2.06 bits per heavy atom. The fourth-order valence-electron chi connectivity index (χ4n) is 1.27. The van der Waals surface area contributed by atoms with Gasteiger partial charge in [0.1, 0.15) is 11.1 Å². The lowest BCUT2D eigenvalue weighted by Crippen LogP contribution is -2.38. The van der Waals surface area contributed by atoms with Gasteiger partial charge in [-0.3, -0.25) is 0 Å². The molecule has 0 fully saturated rings. The second-order valence-corrected chi connectivity index (χ2v) is 10.8. The van der Waals surface area contributed by atoms with E-state index in [9.17, 15) is 5.26 Å². The van der Waals surface area contributed by atoms with E-state index in [1.165, 1.54) is 5.19 Å². The molecule has 0 saturated carbocycles. The van der Waals surface area contributed by atoms with Crippen molar-refractivity contribution in [2.45, 2.75) is 19.6 Å². The monoisotopic (exact) mass is 251 g/mol. The quantitative estimate of drug-likeness (QED) is 0.470. The summed E-state index contributed by atoms with van der Waals surface area (Å²) in [7, 11) is 2.40. The Bertz CT molecular complexity index is 435. The predicted molar refractivity (Wildman–Crippen MR) is 73.9 cm³/mol. The summed E-state index contributed by atoms with van der Waals surface area (Å²) < 4.78 is 0. The average Bonchev–Trinajstić information content (AvgIpc) is 2.56. The molecule has 0 aliphatic carbocycles. The molecule has 0 spiro atoms. The zero-order valence-corrected chi connectivity index (χ0v) is 12.2. The summed E-state index contributed by atoms with van der Waals surface area (Å²) in [5.41, 5.74) is 0.766. The SMILES string of the molecule is CN(C)C=Nc1scc([Si](C)(C)C)c1C#N. The summed E-state index contributed by atoms with van der Waals surface area (Å²) in [6.07, 6.45) is 1.74. The highest BCUT2D eigenvalue weighted by molar-refractivity contribution is 7.16. The molecule has 1 aromatic rings. The number of thiophene rings is 1. The van der Waals surface area contributed by atoms with Crippen molar-refractivity contribution in [2.24, 2.45) is 4.99 Å². The molecule has 1 rings (SSSR count). The van der Waals surface area contributed by atoms with E-state index in [1.807, 2.05) is 19.0 Å². The maximum Gasteiger partial charge on any atom is 0.135 e. The normalized spacial score (nSPS) is 11.8. The Balaban J connectivity index is 3.16. The zero-order valence-electron chi connectivity index (χ0n) is 10.4. The van der Waals surface area contributed by atoms with Crippen LogP contribution in [-0.4, -0.2) is 33.4 Å². The van der Waals surface area contributed by atoms with Gasteiger partial charge >= 0.3 is 0 Å². The van der Waals surface area contributed by atoms with E-state index in [0.717, 1.165) is 10.6 Å². The number of nitriles is 1. The van der Waals surface area contributed by atoms with Gasteiger partial charge in [0.2, 0.25) is 0 Å². The highest BCUT2D eigenvalue weighted by Crippen LogP contribution is 2.26. The van der Waals surface area contributed by atoms with Crippen molar-refractivity contribution in [3.63, 3.8) is 0 Å². The zero-order chi connectivity index (χ0) is 12.3. The highest BCUT2D eigenvalue weighted by atomic mass is 32.1. The summed E-state index contributed by atoms with van der Waals surface area (Å²) in [6.45, 7) is 6.74. The topological polar surface area (TPSA) is 39.4 Å². The van der Waals surface area contributed by atoms with Gasteiger partial charge in [-0.2, -0.15) is 5.26 Å². The van der Waals surface area contributed by atoms with Crippen molar-refractivity contribution < 1.29 is 0 Å². The maximum absolute atomic E-state index is 9.21. The first-order valence-corrected chi connectivity index (χ1v) is 9.47.